The van der Waals surface area contributed by atoms with E-state index in [0.29, 0.717) is 30.9 Å². The molecular formula is C29H33N3O3S. The van der Waals surface area contributed by atoms with Gasteiger partial charge in [-0.05, 0) is 47.6 Å². The highest BCUT2D eigenvalue weighted by atomic mass is 32.1. The van der Waals surface area contributed by atoms with Gasteiger partial charge in [0.1, 0.15) is 0 Å². The first-order valence-electron chi connectivity index (χ1n) is 12.7. The number of hydrogen-bond acceptors (Lipinski definition) is 5. The van der Waals surface area contributed by atoms with E-state index in [-0.39, 0.29) is 18.4 Å². The number of hydrogen-bond donors (Lipinski definition) is 2. The Labute approximate surface area is 216 Å². The van der Waals surface area contributed by atoms with Gasteiger partial charge >= 0.3 is 0 Å². The molecule has 1 aromatic heterocycles. The predicted molar refractivity (Wildman–Crippen MR) is 142 cm³/mol. The molecule has 0 fully saturated rings. The van der Waals surface area contributed by atoms with E-state index in [1.54, 1.807) is 0 Å². The fraction of sp³-hybridized carbons (Fsp3) is 0.379. The fourth-order valence-corrected chi connectivity index (χ4v) is 6.16. The number of fused-ring (bicyclic) bond motifs is 2. The average Bonchev–Trinajstić information content (AvgIpc) is 3.34. The van der Waals surface area contributed by atoms with Gasteiger partial charge in [-0.2, -0.15) is 0 Å². The Hall–Kier alpha value is -3.00. The van der Waals surface area contributed by atoms with Crippen LogP contribution in [0.4, 0.5) is 0 Å². The van der Waals surface area contributed by atoms with E-state index in [4.69, 9.17) is 0 Å². The normalized spacial score (nSPS) is 16.2. The zero-order valence-corrected chi connectivity index (χ0v) is 21.3. The van der Waals surface area contributed by atoms with E-state index in [2.05, 4.69) is 34.5 Å². The van der Waals surface area contributed by atoms with Crippen molar-refractivity contribution in [2.75, 3.05) is 26.2 Å². The molecule has 2 aliphatic rings. The van der Waals surface area contributed by atoms with Crippen LogP contribution in [0, 0.1) is 0 Å². The van der Waals surface area contributed by atoms with Crippen molar-refractivity contribution in [3.8, 4) is 0 Å². The van der Waals surface area contributed by atoms with Crippen molar-refractivity contribution >= 4 is 23.2 Å². The molecule has 0 saturated heterocycles. The van der Waals surface area contributed by atoms with Crippen molar-refractivity contribution in [2.24, 2.45) is 0 Å². The number of carbonyl (C=O) groups excluding carboxylic acids is 2. The standard InChI is InChI=1S/C29H33N3O3S/c33-25(20-31-14-12-22-8-4-5-9-23(22)18-31)17-30-29(35)27-16-24-19-32(15-13-26(24)36-27)28(34)11-10-21-6-2-1-3-7-21/h1-9,16,25,33H,10-15,17-20H2,(H,30,35). The molecule has 2 N–H and O–H groups in total. The van der Waals surface area contributed by atoms with Crippen molar-refractivity contribution in [1.29, 1.82) is 0 Å². The molecule has 7 heteroatoms. The molecule has 0 aliphatic carbocycles. The van der Waals surface area contributed by atoms with Crippen LogP contribution in [-0.4, -0.2) is 59.0 Å². The van der Waals surface area contributed by atoms with Crippen LogP contribution in [0.1, 0.15) is 43.2 Å². The van der Waals surface area contributed by atoms with Gasteiger partial charge in [0, 0.05) is 50.6 Å². The minimum absolute atomic E-state index is 0.153. The van der Waals surface area contributed by atoms with Gasteiger partial charge in [0.15, 0.2) is 0 Å². The lowest BCUT2D eigenvalue weighted by atomic mass is 10.00. The van der Waals surface area contributed by atoms with Gasteiger partial charge in [-0.1, -0.05) is 54.6 Å². The Morgan fingerprint density at radius 1 is 0.944 bits per heavy atom. The summed E-state index contributed by atoms with van der Waals surface area (Å²) in [6, 6.07) is 20.4. The molecule has 3 aromatic rings. The smallest absolute Gasteiger partial charge is 0.261 e. The molecule has 1 unspecified atom stereocenters. The molecule has 0 saturated carbocycles. The molecule has 6 nitrogen and oxygen atoms in total. The van der Waals surface area contributed by atoms with Gasteiger partial charge in [-0.15, -0.1) is 11.3 Å². The predicted octanol–water partition coefficient (Wildman–Crippen LogP) is 3.41. The van der Waals surface area contributed by atoms with Crippen LogP contribution in [0.2, 0.25) is 0 Å². The summed E-state index contributed by atoms with van der Waals surface area (Å²) in [5, 5.41) is 13.4. The number of β-amino-alcohol motifs (C(OH)–C–C–N with tert-alkyl or cyclic N) is 1. The number of nitrogens with one attached hydrogen (secondary N) is 1. The Balaban J connectivity index is 1.09. The first-order valence-corrected chi connectivity index (χ1v) is 13.6. The van der Waals surface area contributed by atoms with Crippen molar-refractivity contribution < 1.29 is 14.7 Å². The summed E-state index contributed by atoms with van der Waals surface area (Å²) >= 11 is 1.50. The Morgan fingerprint density at radius 3 is 2.56 bits per heavy atom. The zero-order chi connectivity index (χ0) is 24.9. The molecule has 3 heterocycles. The fourth-order valence-electron chi connectivity index (χ4n) is 5.08. The van der Waals surface area contributed by atoms with Crippen LogP contribution in [0.3, 0.4) is 0 Å². The van der Waals surface area contributed by atoms with Crippen molar-refractivity contribution in [3.05, 3.63) is 92.7 Å². The third kappa shape index (κ3) is 6.03. The van der Waals surface area contributed by atoms with Gasteiger partial charge in [-0.3, -0.25) is 14.5 Å². The number of aliphatic hydroxyl groups excluding tert-OH is 1. The molecule has 36 heavy (non-hydrogen) atoms. The minimum atomic E-state index is -0.619. The number of benzene rings is 2. The first kappa shape index (κ1) is 24.7. The monoisotopic (exact) mass is 503 g/mol. The zero-order valence-electron chi connectivity index (χ0n) is 20.5. The number of thiophene rings is 1. The van der Waals surface area contributed by atoms with E-state index in [9.17, 15) is 14.7 Å². The highest BCUT2D eigenvalue weighted by Crippen LogP contribution is 2.28. The van der Waals surface area contributed by atoms with Gasteiger partial charge < -0.3 is 15.3 Å². The van der Waals surface area contributed by atoms with Crippen LogP contribution >= 0.6 is 11.3 Å². The summed E-state index contributed by atoms with van der Waals surface area (Å²) in [5.41, 5.74) is 4.94. The Bertz CT molecular complexity index is 1210. The number of rotatable bonds is 8. The lowest BCUT2D eigenvalue weighted by Gasteiger charge is -2.30. The quantitative estimate of drug-likeness (QED) is 0.494. The second-order valence-electron chi connectivity index (χ2n) is 9.73. The summed E-state index contributed by atoms with van der Waals surface area (Å²) in [7, 11) is 0. The first-order chi connectivity index (χ1) is 17.5. The molecule has 0 radical (unpaired) electrons. The summed E-state index contributed by atoms with van der Waals surface area (Å²) in [6.45, 7) is 3.77. The van der Waals surface area contributed by atoms with E-state index >= 15 is 0 Å². The van der Waals surface area contributed by atoms with Crippen molar-refractivity contribution in [1.82, 2.24) is 15.1 Å². The number of carbonyl (C=O) groups is 2. The maximum Gasteiger partial charge on any atom is 0.261 e. The lowest BCUT2D eigenvalue weighted by molar-refractivity contribution is -0.132. The largest absolute Gasteiger partial charge is 0.390 e. The maximum atomic E-state index is 12.8. The number of aliphatic hydroxyl groups is 1. The van der Waals surface area contributed by atoms with Gasteiger partial charge in [0.2, 0.25) is 5.91 Å². The molecule has 1 atom stereocenters. The second kappa shape index (κ2) is 11.4. The third-order valence-electron chi connectivity index (χ3n) is 7.09. The highest BCUT2D eigenvalue weighted by Gasteiger charge is 2.25. The summed E-state index contributed by atoms with van der Waals surface area (Å²) in [4.78, 5) is 31.5. The number of aryl methyl sites for hydroxylation is 1. The van der Waals surface area contributed by atoms with E-state index < -0.39 is 6.10 Å². The molecular weight excluding hydrogens is 470 g/mol. The molecule has 0 spiro atoms. The SMILES string of the molecule is O=C(NCC(O)CN1CCc2ccccc2C1)c1cc2c(s1)CCN(C(=O)CCc1ccccc1)C2. The van der Waals surface area contributed by atoms with Crippen molar-refractivity contribution in [3.63, 3.8) is 0 Å². The lowest BCUT2D eigenvalue weighted by Crippen LogP contribution is -2.41. The second-order valence-corrected chi connectivity index (χ2v) is 10.9. The number of nitrogens with zero attached hydrogens (tertiary/aromatic N) is 2. The van der Waals surface area contributed by atoms with Crippen LogP contribution in [0.15, 0.2) is 60.7 Å². The maximum absolute atomic E-state index is 12.8. The summed E-state index contributed by atoms with van der Waals surface area (Å²) < 4.78 is 0. The molecule has 2 aromatic carbocycles. The molecule has 0 bridgehead atoms. The Kier molecular flexibility index (Phi) is 7.80. The van der Waals surface area contributed by atoms with Crippen LogP contribution in [-0.2, 0) is 37.1 Å². The molecule has 5 rings (SSSR count). The van der Waals surface area contributed by atoms with Gasteiger partial charge in [0.05, 0.1) is 11.0 Å². The van der Waals surface area contributed by atoms with E-state index in [1.807, 2.05) is 41.3 Å². The van der Waals surface area contributed by atoms with Crippen LogP contribution < -0.4 is 5.32 Å². The number of amides is 2. The minimum Gasteiger partial charge on any atom is -0.390 e. The molecule has 2 aliphatic heterocycles. The third-order valence-corrected chi connectivity index (χ3v) is 8.33. The average molecular weight is 504 g/mol. The molecule has 188 valence electrons. The van der Waals surface area contributed by atoms with Crippen LogP contribution in [0.5, 0.6) is 0 Å². The Morgan fingerprint density at radius 2 is 1.72 bits per heavy atom. The summed E-state index contributed by atoms with van der Waals surface area (Å²) in [6.07, 6.45) is 2.39. The van der Waals surface area contributed by atoms with Crippen molar-refractivity contribution in [2.45, 2.75) is 44.9 Å². The van der Waals surface area contributed by atoms with Gasteiger partial charge in [0.25, 0.3) is 5.91 Å². The van der Waals surface area contributed by atoms with E-state index in [1.165, 1.54) is 32.9 Å². The van der Waals surface area contributed by atoms with Gasteiger partial charge in [-0.25, -0.2) is 0 Å². The van der Waals surface area contributed by atoms with E-state index in [0.717, 1.165) is 37.9 Å². The molecule has 2 amide bonds. The topological polar surface area (TPSA) is 72.9 Å². The highest BCUT2D eigenvalue weighted by molar-refractivity contribution is 7.14. The van der Waals surface area contributed by atoms with Crippen LogP contribution in [0.25, 0.3) is 0 Å². The summed E-state index contributed by atoms with van der Waals surface area (Å²) in [5.74, 6) is 0.00422.